The zero-order valence-electron chi connectivity index (χ0n) is 12.1. The summed E-state index contributed by atoms with van der Waals surface area (Å²) in [5.74, 6) is -0.812. The van der Waals surface area contributed by atoms with Crippen LogP contribution in [0.3, 0.4) is 0 Å². The zero-order chi connectivity index (χ0) is 16.2. The second kappa shape index (κ2) is 6.50. The Bertz CT molecular complexity index is 813. The molecule has 0 unspecified atom stereocenters. The minimum atomic E-state index is -0.428. The molecular weight excluding hydrogens is 312 g/mol. The van der Waals surface area contributed by atoms with E-state index >= 15 is 0 Å². The number of halogens is 1. The van der Waals surface area contributed by atoms with E-state index in [0.717, 1.165) is 5.56 Å². The van der Waals surface area contributed by atoms with E-state index in [9.17, 15) is 9.59 Å². The first-order chi connectivity index (χ1) is 11.2. The van der Waals surface area contributed by atoms with Gasteiger partial charge in [0.2, 0.25) is 0 Å². The minimum Gasteiger partial charge on any atom is -0.267 e. The van der Waals surface area contributed by atoms with Crippen molar-refractivity contribution in [2.24, 2.45) is 0 Å². The Balaban J connectivity index is 1.82. The van der Waals surface area contributed by atoms with E-state index in [1.54, 1.807) is 42.5 Å². The summed E-state index contributed by atoms with van der Waals surface area (Å²) < 4.78 is 0. The molecule has 1 aliphatic heterocycles. The van der Waals surface area contributed by atoms with Gasteiger partial charge in [-0.05, 0) is 29.8 Å². The Morgan fingerprint density at radius 3 is 2.39 bits per heavy atom. The van der Waals surface area contributed by atoms with Gasteiger partial charge in [0.15, 0.2) is 0 Å². The van der Waals surface area contributed by atoms with Crippen LogP contribution in [0.1, 0.15) is 5.56 Å². The predicted octanol–water partition coefficient (Wildman–Crippen LogP) is 3.36. The lowest BCUT2D eigenvalue weighted by atomic mass is 10.2. The van der Waals surface area contributed by atoms with Crippen LogP contribution < -0.4 is 10.4 Å². The number of hydrogen-bond donors (Lipinski definition) is 1. The second-order valence-corrected chi connectivity index (χ2v) is 5.29. The van der Waals surface area contributed by atoms with Crippen LogP contribution in [-0.4, -0.2) is 11.8 Å². The van der Waals surface area contributed by atoms with E-state index in [-0.39, 0.29) is 11.5 Å². The molecule has 23 heavy (non-hydrogen) atoms. The summed E-state index contributed by atoms with van der Waals surface area (Å²) in [6.07, 6.45) is 4.88. The summed E-state index contributed by atoms with van der Waals surface area (Å²) in [5.41, 5.74) is 4.06. The summed E-state index contributed by atoms with van der Waals surface area (Å²) in [7, 11) is 0. The summed E-state index contributed by atoms with van der Waals surface area (Å²) >= 11 is 6.05. The summed E-state index contributed by atoms with van der Waals surface area (Å²) in [6, 6.07) is 16.3. The normalized spacial score (nSPS) is 16.4. The lowest BCUT2D eigenvalue weighted by Gasteiger charge is -2.13. The molecule has 1 saturated heterocycles. The topological polar surface area (TPSA) is 49.4 Å². The van der Waals surface area contributed by atoms with Crippen molar-refractivity contribution in [3.05, 3.63) is 82.9 Å². The Labute approximate surface area is 138 Å². The number of anilines is 1. The molecule has 4 nitrogen and oxygen atoms in total. The number of hydrazine groups is 1. The number of carbonyl (C=O) groups is 2. The summed E-state index contributed by atoms with van der Waals surface area (Å²) in [4.78, 5) is 24.3. The van der Waals surface area contributed by atoms with Gasteiger partial charge in [0.1, 0.15) is 5.57 Å². The molecule has 2 amide bonds. The number of carbonyl (C=O) groups excluding carboxylic acids is 2. The van der Waals surface area contributed by atoms with E-state index in [1.807, 2.05) is 24.3 Å². The summed E-state index contributed by atoms with van der Waals surface area (Å²) in [6.45, 7) is 0. The second-order valence-electron chi connectivity index (χ2n) is 4.88. The maximum atomic E-state index is 12.3. The van der Waals surface area contributed by atoms with Crippen molar-refractivity contribution >= 4 is 35.2 Å². The molecule has 0 saturated carbocycles. The highest BCUT2D eigenvalue weighted by Crippen LogP contribution is 2.20. The Hall–Kier alpha value is -2.85. The first-order valence-corrected chi connectivity index (χ1v) is 7.38. The Morgan fingerprint density at radius 2 is 1.65 bits per heavy atom. The molecule has 1 heterocycles. The van der Waals surface area contributed by atoms with E-state index < -0.39 is 5.91 Å². The van der Waals surface area contributed by atoms with Gasteiger partial charge in [0.25, 0.3) is 11.8 Å². The largest absolute Gasteiger partial charge is 0.282 e. The average molecular weight is 325 g/mol. The number of allylic oxidation sites excluding steroid dienone is 2. The van der Waals surface area contributed by atoms with Gasteiger partial charge in [-0.2, -0.15) is 0 Å². The highest BCUT2D eigenvalue weighted by molar-refractivity contribution is 6.32. The van der Waals surface area contributed by atoms with Crippen LogP contribution >= 0.6 is 11.6 Å². The predicted molar refractivity (Wildman–Crippen MR) is 90.6 cm³/mol. The number of nitrogens with zero attached hydrogens (tertiary/aromatic N) is 1. The third-order valence-corrected chi connectivity index (χ3v) is 3.69. The fraction of sp³-hybridized carbons (Fsp3) is 0. The van der Waals surface area contributed by atoms with E-state index in [0.29, 0.717) is 10.7 Å². The van der Waals surface area contributed by atoms with Gasteiger partial charge in [0.05, 0.1) is 5.69 Å². The molecule has 0 bridgehead atoms. The van der Waals surface area contributed by atoms with Gasteiger partial charge in [-0.1, -0.05) is 60.2 Å². The third kappa shape index (κ3) is 3.17. The van der Waals surface area contributed by atoms with Crippen molar-refractivity contribution in [1.82, 2.24) is 5.43 Å². The van der Waals surface area contributed by atoms with Crippen molar-refractivity contribution in [2.75, 3.05) is 5.01 Å². The standard InChI is InChI=1S/C18H13ClN2O2/c19-16-12-5-4-7-13(16)8-6-11-15-17(22)20-21(18(15)23)14-9-2-1-3-10-14/h1-12H,(H,20,22). The zero-order valence-corrected chi connectivity index (χ0v) is 12.8. The van der Waals surface area contributed by atoms with Gasteiger partial charge in [-0.15, -0.1) is 0 Å². The number of amides is 2. The van der Waals surface area contributed by atoms with E-state index in [2.05, 4.69) is 5.43 Å². The lowest BCUT2D eigenvalue weighted by molar-refractivity contribution is -0.117. The first kappa shape index (κ1) is 15.1. The van der Waals surface area contributed by atoms with Crippen molar-refractivity contribution < 1.29 is 9.59 Å². The van der Waals surface area contributed by atoms with Gasteiger partial charge in [-0.3, -0.25) is 15.0 Å². The van der Waals surface area contributed by atoms with Crippen LogP contribution in [0.5, 0.6) is 0 Å². The average Bonchev–Trinajstić information content (AvgIpc) is 2.85. The Kier molecular flexibility index (Phi) is 4.26. The molecule has 0 aliphatic carbocycles. The van der Waals surface area contributed by atoms with Crippen molar-refractivity contribution in [3.63, 3.8) is 0 Å². The molecule has 1 N–H and O–H groups in total. The highest BCUT2D eigenvalue weighted by atomic mass is 35.5. The summed E-state index contributed by atoms with van der Waals surface area (Å²) in [5, 5.41) is 1.84. The number of para-hydroxylation sites is 1. The van der Waals surface area contributed by atoms with Gasteiger partial charge in [-0.25, -0.2) is 5.01 Å². The minimum absolute atomic E-state index is 0.0807. The fourth-order valence-corrected chi connectivity index (χ4v) is 2.39. The van der Waals surface area contributed by atoms with Crippen LogP contribution in [-0.2, 0) is 9.59 Å². The van der Waals surface area contributed by atoms with E-state index in [1.165, 1.54) is 11.1 Å². The molecule has 0 atom stereocenters. The molecule has 0 aromatic heterocycles. The third-order valence-electron chi connectivity index (χ3n) is 3.35. The van der Waals surface area contributed by atoms with Gasteiger partial charge in [0, 0.05) is 5.02 Å². The molecule has 1 aliphatic rings. The van der Waals surface area contributed by atoms with Gasteiger partial charge >= 0.3 is 0 Å². The molecule has 0 spiro atoms. The maximum absolute atomic E-state index is 12.3. The number of rotatable bonds is 3. The van der Waals surface area contributed by atoms with Crippen LogP contribution in [0.15, 0.2) is 72.3 Å². The van der Waals surface area contributed by atoms with Crippen LogP contribution in [0, 0.1) is 0 Å². The molecule has 1 fully saturated rings. The fourth-order valence-electron chi connectivity index (χ4n) is 2.19. The number of nitrogens with one attached hydrogen (secondary N) is 1. The highest BCUT2D eigenvalue weighted by Gasteiger charge is 2.33. The van der Waals surface area contributed by atoms with Crippen LogP contribution in [0.4, 0.5) is 5.69 Å². The Morgan fingerprint density at radius 1 is 0.957 bits per heavy atom. The van der Waals surface area contributed by atoms with Crippen LogP contribution in [0.2, 0.25) is 5.02 Å². The molecular formula is C18H13ClN2O2. The molecule has 114 valence electrons. The van der Waals surface area contributed by atoms with Crippen molar-refractivity contribution in [3.8, 4) is 0 Å². The van der Waals surface area contributed by atoms with Crippen molar-refractivity contribution in [1.29, 1.82) is 0 Å². The monoisotopic (exact) mass is 324 g/mol. The molecule has 2 aromatic rings. The molecule has 0 radical (unpaired) electrons. The van der Waals surface area contributed by atoms with Crippen molar-refractivity contribution in [2.45, 2.75) is 0 Å². The SMILES string of the molecule is O=C1NN(c2ccccc2)C(=O)C1=CC=Cc1ccccc1Cl. The lowest BCUT2D eigenvalue weighted by Crippen LogP contribution is -2.35. The quantitative estimate of drug-likeness (QED) is 0.695. The maximum Gasteiger partial charge on any atom is 0.282 e. The molecule has 2 aromatic carbocycles. The molecule has 3 rings (SSSR count). The first-order valence-electron chi connectivity index (χ1n) is 7.00. The smallest absolute Gasteiger partial charge is 0.267 e. The molecule has 5 heteroatoms. The van der Waals surface area contributed by atoms with Gasteiger partial charge < -0.3 is 0 Å². The van der Waals surface area contributed by atoms with E-state index in [4.69, 9.17) is 11.6 Å². The number of benzene rings is 2. The number of hydrogen-bond acceptors (Lipinski definition) is 2. The van der Waals surface area contributed by atoms with Crippen LogP contribution in [0.25, 0.3) is 6.08 Å².